The molecule has 1 rings (SSSR count). The van der Waals surface area contributed by atoms with Crippen LogP contribution in [0.1, 0.15) is 12.5 Å². The molecule has 0 aliphatic heterocycles. The van der Waals surface area contributed by atoms with Gasteiger partial charge in [-0.25, -0.2) is 14.6 Å². The van der Waals surface area contributed by atoms with Crippen molar-refractivity contribution in [3.8, 4) is 0 Å². The largest absolute Gasteiger partial charge is 0.463 e. The van der Waals surface area contributed by atoms with Crippen LogP contribution in [0.4, 0.5) is 5.82 Å². The van der Waals surface area contributed by atoms with Gasteiger partial charge in [-0.3, -0.25) is 4.79 Å². The van der Waals surface area contributed by atoms with Gasteiger partial charge in [-0.15, -0.1) is 0 Å². The Hall–Kier alpha value is -2.12. The van der Waals surface area contributed by atoms with Crippen LogP contribution in [0.15, 0.2) is 18.3 Å². The normalized spacial score (nSPS) is 10.4. The molecule has 1 aromatic rings. The number of amides is 1. The van der Waals surface area contributed by atoms with Crippen molar-refractivity contribution in [1.82, 2.24) is 4.98 Å². The van der Waals surface area contributed by atoms with Crippen LogP contribution >= 0.6 is 23.2 Å². The zero-order chi connectivity index (χ0) is 17.4. The number of anilines is 1. The molecule has 7 nitrogen and oxygen atoms in total. The lowest BCUT2D eigenvalue weighted by atomic mass is 10.3. The minimum absolute atomic E-state index is 0.108. The summed E-state index contributed by atoms with van der Waals surface area (Å²) in [5, 5.41) is 2.94. The average Bonchev–Trinajstić information content (AvgIpc) is 2.52. The molecule has 0 aliphatic rings. The second kappa shape index (κ2) is 9.12. The van der Waals surface area contributed by atoms with E-state index in [-0.39, 0.29) is 17.4 Å². The Balaban J connectivity index is 2.50. The fraction of sp³-hybridized carbons (Fsp3) is 0.286. The van der Waals surface area contributed by atoms with Gasteiger partial charge in [0, 0.05) is 18.3 Å². The molecule has 1 heterocycles. The minimum Gasteiger partial charge on any atom is -0.463 e. The predicted molar refractivity (Wildman–Crippen MR) is 84.4 cm³/mol. The molecular weight excluding hydrogens is 347 g/mol. The molecule has 0 fully saturated rings. The highest BCUT2D eigenvalue weighted by Crippen LogP contribution is 2.28. The fourth-order valence-corrected chi connectivity index (χ4v) is 1.71. The number of pyridine rings is 1. The van der Waals surface area contributed by atoms with Crippen molar-refractivity contribution in [2.75, 3.05) is 18.5 Å². The van der Waals surface area contributed by atoms with Crippen LogP contribution in [0.25, 0.3) is 0 Å². The topological polar surface area (TPSA) is 94.6 Å². The number of halogens is 2. The van der Waals surface area contributed by atoms with E-state index in [2.05, 4.69) is 19.8 Å². The first kappa shape index (κ1) is 18.9. The van der Waals surface area contributed by atoms with E-state index in [0.29, 0.717) is 10.6 Å². The molecule has 0 unspecified atom stereocenters. The highest BCUT2D eigenvalue weighted by molar-refractivity contribution is 6.37. The summed E-state index contributed by atoms with van der Waals surface area (Å²) in [5.74, 6) is -2.07. The number of aromatic nitrogens is 1. The second-order valence-electron chi connectivity index (χ2n) is 4.13. The third-order valence-corrected chi connectivity index (χ3v) is 3.29. The van der Waals surface area contributed by atoms with E-state index in [1.165, 1.54) is 6.20 Å². The van der Waals surface area contributed by atoms with Crippen LogP contribution in [0.5, 0.6) is 0 Å². The molecule has 9 heteroatoms. The summed E-state index contributed by atoms with van der Waals surface area (Å²) < 4.78 is 9.24. The van der Waals surface area contributed by atoms with Gasteiger partial charge >= 0.3 is 11.9 Å². The lowest BCUT2D eigenvalue weighted by Gasteiger charge is -2.08. The SMILES string of the molecule is CCOC(=O)C=CC(=O)OCC(=O)Nc1ncc(Cl)c(C)c1Cl. The zero-order valence-electron chi connectivity index (χ0n) is 12.4. The quantitative estimate of drug-likeness (QED) is 0.617. The molecule has 0 aromatic carbocycles. The van der Waals surface area contributed by atoms with E-state index < -0.39 is 24.5 Å². The van der Waals surface area contributed by atoms with Crippen LogP contribution in [0, 0.1) is 6.92 Å². The maximum Gasteiger partial charge on any atom is 0.331 e. The summed E-state index contributed by atoms with van der Waals surface area (Å²) in [6.07, 6.45) is 3.11. The van der Waals surface area contributed by atoms with Gasteiger partial charge in [-0.2, -0.15) is 0 Å². The van der Waals surface area contributed by atoms with Gasteiger partial charge in [0.05, 0.1) is 16.7 Å². The van der Waals surface area contributed by atoms with Gasteiger partial charge in [0.15, 0.2) is 12.4 Å². The van der Waals surface area contributed by atoms with Crippen molar-refractivity contribution in [3.05, 3.63) is 34.0 Å². The van der Waals surface area contributed by atoms with E-state index in [0.717, 1.165) is 12.2 Å². The van der Waals surface area contributed by atoms with Gasteiger partial charge in [0.25, 0.3) is 5.91 Å². The van der Waals surface area contributed by atoms with Crippen LogP contribution in [-0.2, 0) is 23.9 Å². The van der Waals surface area contributed by atoms with Crippen LogP contribution in [0.2, 0.25) is 10.0 Å². The molecule has 124 valence electrons. The Morgan fingerprint density at radius 3 is 2.43 bits per heavy atom. The molecule has 1 aromatic heterocycles. The number of carbonyl (C=O) groups is 3. The summed E-state index contributed by atoms with van der Waals surface area (Å²) in [6, 6.07) is 0. The van der Waals surface area contributed by atoms with Crippen molar-refractivity contribution < 1.29 is 23.9 Å². The lowest BCUT2D eigenvalue weighted by Crippen LogP contribution is -2.21. The smallest absolute Gasteiger partial charge is 0.331 e. The Morgan fingerprint density at radius 1 is 1.22 bits per heavy atom. The summed E-state index contributed by atoms with van der Waals surface area (Å²) in [5.41, 5.74) is 0.563. The summed E-state index contributed by atoms with van der Waals surface area (Å²) in [6.45, 7) is 2.93. The van der Waals surface area contributed by atoms with Crippen molar-refractivity contribution >= 4 is 46.9 Å². The molecule has 23 heavy (non-hydrogen) atoms. The Bertz CT molecular complexity index is 646. The molecule has 0 saturated carbocycles. The number of nitrogens with zero attached hydrogens (tertiary/aromatic N) is 1. The monoisotopic (exact) mass is 360 g/mol. The van der Waals surface area contributed by atoms with Gasteiger partial charge < -0.3 is 14.8 Å². The Kier molecular flexibility index (Phi) is 7.50. The lowest BCUT2D eigenvalue weighted by molar-refractivity contribution is -0.143. The first-order chi connectivity index (χ1) is 10.8. The van der Waals surface area contributed by atoms with Crippen molar-refractivity contribution in [3.63, 3.8) is 0 Å². The molecule has 0 radical (unpaired) electrons. The molecule has 0 spiro atoms. The Morgan fingerprint density at radius 2 is 1.83 bits per heavy atom. The first-order valence-corrected chi connectivity index (χ1v) is 7.22. The number of carbonyl (C=O) groups excluding carboxylic acids is 3. The maximum atomic E-state index is 11.7. The van der Waals surface area contributed by atoms with Gasteiger partial charge in [0.2, 0.25) is 0 Å². The van der Waals surface area contributed by atoms with Crippen molar-refractivity contribution in [1.29, 1.82) is 0 Å². The third kappa shape index (κ3) is 6.25. The summed E-state index contributed by atoms with van der Waals surface area (Å²) >= 11 is 11.8. The van der Waals surface area contributed by atoms with Gasteiger partial charge in [-0.1, -0.05) is 23.2 Å². The number of ether oxygens (including phenoxy) is 2. The number of rotatable bonds is 6. The fourth-order valence-electron chi connectivity index (χ4n) is 1.32. The molecule has 0 bridgehead atoms. The number of hydrogen-bond acceptors (Lipinski definition) is 6. The molecule has 0 atom stereocenters. The van der Waals surface area contributed by atoms with E-state index in [9.17, 15) is 14.4 Å². The number of nitrogens with one attached hydrogen (secondary N) is 1. The zero-order valence-corrected chi connectivity index (χ0v) is 13.9. The first-order valence-electron chi connectivity index (χ1n) is 6.47. The van der Waals surface area contributed by atoms with Crippen LogP contribution in [-0.4, -0.2) is 36.0 Å². The number of esters is 2. The summed E-state index contributed by atoms with van der Waals surface area (Å²) in [4.78, 5) is 37.9. The average molecular weight is 361 g/mol. The highest BCUT2D eigenvalue weighted by Gasteiger charge is 2.12. The van der Waals surface area contributed by atoms with E-state index >= 15 is 0 Å². The highest BCUT2D eigenvalue weighted by atomic mass is 35.5. The molecular formula is C14H14Cl2N2O5. The molecule has 0 aliphatic carbocycles. The standard InChI is InChI=1S/C14H14Cl2N2O5/c1-3-22-11(20)4-5-12(21)23-7-10(19)18-14-13(16)8(2)9(15)6-17-14/h4-6H,3,7H2,1-2H3,(H,17,18,19). The second-order valence-corrected chi connectivity index (χ2v) is 4.92. The van der Waals surface area contributed by atoms with Gasteiger partial charge in [0.1, 0.15) is 0 Å². The number of hydrogen-bond donors (Lipinski definition) is 1. The van der Waals surface area contributed by atoms with Crippen molar-refractivity contribution in [2.45, 2.75) is 13.8 Å². The summed E-state index contributed by atoms with van der Waals surface area (Å²) in [7, 11) is 0. The predicted octanol–water partition coefficient (Wildman–Crippen LogP) is 2.30. The minimum atomic E-state index is -0.862. The molecule has 0 saturated heterocycles. The van der Waals surface area contributed by atoms with E-state index in [1.807, 2.05) is 0 Å². The van der Waals surface area contributed by atoms with Crippen LogP contribution < -0.4 is 5.32 Å². The Labute approximate surface area is 142 Å². The van der Waals surface area contributed by atoms with E-state index in [4.69, 9.17) is 23.2 Å². The van der Waals surface area contributed by atoms with Gasteiger partial charge in [-0.05, 0) is 19.4 Å². The molecule has 1 N–H and O–H groups in total. The maximum absolute atomic E-state index is 11.7. The van der Waals surface area contributed by atoms with Crippen molar-refractivity contribution in [2.24, 2.45) is 0 Å². The molecule has 1 amide bonds. The van der Waals surface area contributed by atoms with E-state index in [1.54, 1.807) is 13.8 Å². The van der Waals surface area contributed by atoms with Crippen LogP contribution in [0.3, 0.4) is 0 Å². The third-order valence-electron chi connectivity index (χ3n) is 2.45.